The second kappa shape index (κ2) is 11.4. The molecule has 8 nitrogen and oxygen atoms in total. The van der Waals surface area contributed by atoms with Gasteiger partial charge in [0.15, 0.2) is 0 Å². The number of piperazine rings is 1. The van der Waals surface area contributed by atoms with Gasteiger partial charge in [-0.25, -0.2) is 4.39 Å². The van der Waals surface area contributed by atoms with Crippen molar-refractivity contribution in [2.75, 3.05) is 51.2 Å². The molecule has 1 fully saturated rings. The lowest BCUT2D eigenvalue weighted by molar-refractivity contribution is -0.109. The number of carbonyl (C=O) groups excluding carboxylic acids is 2. The molecule has 2 heterocycles. The van der Waals surface area contributed by atoms with Gasteiger partial charge in [0.25, 0.3) is 5.91 Å². The van der Waals surface area contributed by atoms with Gasteiger partial charge in [0.05, 0.1) is 17.3 Å². The zero-order valence-corrected chi connectivity index (χ0v) is 20.2. The van der Waals surface area contributed by atoms with Gasteiger partial charge >= 0.3 is 0 Å². The fourth-order valence-corrected chi connectivity index (χ4v) is 4.18. The molecule has 1 saturated heterocycles. The van der Waals surface area contributed by atoms with Gasteiger partial charge in [0.1, 0.15) is 24.5 Å². The summed E-state index contributed by atoms with van der Waals surface area (Å²) in [5, 5.41) is 6.98. The zero-order valence-electron chi connectivity index (χ0n) is 19.4. The molecule has 184 valence electrons. The summed E-state index contributed by atoms with van der Waals surface area (Å²) < 4.78 is 21.3. The number of aryl methyl sites for hydroxylation is 1. The number of nitrogens with one attached hydrogen (secondary N) is 1. The maximum atomic E-state index is 13.4. The average Bonchev–Trinajstić information content (AvgIpc) is 3.28. The maximum absolute atomic E-state index is 13.4. The lowest BCUT2D eigenvalue weighted by atomic mass is 10.1. The number of ether oxygens (including phenoxy) is 1. The van der Waals surface area contributed by atoms with Crippen LogP contribution in [0.4, 0.5) is 10.1 Å². The van der Waals surface area contributed by atoms with Crippen LogP contribution in [-0.2, 0) is 11.8 Å². The van der Waals surface area contributed by atoms with Gasteiger partial charge in [-0.2, -0.15) is 5.10 Å². The van der Waals surface area contributed by atoms with Gasteiger partial charge < -0.3 is 14.8 Å². The number of hydrogen-bond donors (Lipinski definition) is 1. The Labute approximate surface area is 208 Å². The van der Waals surface area contributed by atoms with Crippen molar-refractivity contribution in [3.63, 3.8) is 0 Å². The summed E-state index contributed by atoms with van der Waals surface area (Å²) >= 11 is 5.82. The van der Waals surface area contributed by atoms with E-state index < -0.39 is 11.7 Å². The molecule has 4 rings (SSSR count). The molecule has 0 radical (unpaired) electrons. The fourth-order valence-electron chi connectivity index (χ4n) is 4.00. The summed E-state index contributed by atoms with van der Waals surface area (Å²) in [5.41, 5.74) is 2.44. The maximum Gasteiger partial charge on any atom is 0.255 e. The first-order valence-corrected chi connectivity index (χ1v) is 11.7. The molecule has 10 heteroatoms. The highest BCUT2D eigenvalue weighted by atomic mass is 35.5. The van der Waals surface area contributed by atoms with Gasteiger partial charge in [-0.15, -0.1) is 0 Å². The van der Waals surface area contributed by atoms with Crippen molar-refractivity contribution < 1.29 is 18.7 Å². The molecule has 2 aromatic carbocycles. The number of halogens is 2. The van der Waals surface area contributed by atoms with E-state index in [4.69, 9.17) is 16.3 Å². The molecule has 0 aliphatic carbocycles. The van der Waals surface area contributed by atoms with E-state index >= 15 is 0 Å². The first-order chi connectivity index (χ1) is 16.9. The number of anilines is 1. The third kappa shape index (κ3) is 6.25. The highest BCUT2D eigenvalue weighted by Crippen LogP contribution is 2.33. The minimum absolute atomic E-state index is 0.109. The molecule has 0 saturated carbocycles. The number of benzene rings is 2. The number of rotatable bonds is 9. The van der Waals surface area contributed by atoms with E-state index in [1.165, 1.54) is 12.1 Å². The Morgan fingerprint density at radius 2 is 1.91 bits per heavy atom. The molecule has 1 aliphatic heterocycles. The van der Waals surface area contributed by atoms with Crippen molar-refractivity contribution >= 4 is 29.5 Å². The first kappa shape index (κ1) is 24.8. The van der Waals surface area contributed by atoms with Crippen LogP contribution in [0.2, 0.25) is 5.02 Å². The summed E-state index contributed by atoms with van der Waals surface area (Å²) in [5.74, 6) is -0.299. The number of aromatic nitrogens is 2. The van der Waals surface area contributed by atoms with Crippen LogP contribution in [0.15, 0.2) is 48.7 Å². The monoisotopic (exact) mass is 499 g/mol. The third-order valence-corrected chi connectivity index (χ3v) is 6.27. The molecule has 1 amide bonds. The quantitative estimate of drug-likeness (QED) is 0.455. The van der Waals surface area contributed by atoms with E-state index in [0.29, 0.717) is 24.6 Å². The Balaban J connectivity index is 1.45. The summed E-state index contributed by atoms with van der Waals surface area (Å²) in [4.78, 5) is 27.8. The summed E-state index contributed by atoms with van der Waals surface area (Å²) in [6, 6.07) is 11.1. The Morgan fingerprint density at radius 1 is 1.14 bits per heavy atom. The second-order valence-electron chi connectivity index (χ2n) is 8.29. The topological polar surface area (TPSA) is 79.7 Å². The van der Waals surface area contributed by atoms with Gasteiger partial charge in [0, 0.05) is 62.8 Å². The van der Waals surface area contributed by atoms with Crippen LogP contribution in [0, 0.1) is 5.82 Å². The van der Waals surface area contributed by atoms with E-state index in [2.05, 4.69) is 20.2 Å². The molecule has 1 N–H and O–H groups in total. The molecule has 0 unspecified atom stereocenters. The molecular formula is C25H27ClFN5O3. The lowest BCUT2D eigenvalue weighted by Crippen LogP contribution is -2.47. The summed E-state index contributed by atoms with van der Waals surface area (Å²) in [7, 11) is 1.84. The molecule has 35 heavy (non-hydrogen) atoms. The average molecular weight is 500 g/mol. The molecule has 3 aromatic rings. The Morgan fingerprint density at radius 3 is 2.60 bits per heavy atom. The van der Waals surface area contributed by atoms with E-state index in [1.807, 2.05) is 25.2 Å². The van der Waals surface area contributed by atoms with Crippen LogP contribution in [0.3, 0.4) is 0 Å². The van der Waals surface area contributed by atoms with Crippen molar-refractivity contribution in [2.45, 2.75) is 0 Å². The first-order valence-electron chi connectivity index (χ1n) is 11.3. The van der Waals surface area contributed by atoms with Crippen molar-refractivity contribution in [1.82, 2.24) is 19.6 Å². The molecule has 1 aliphatic rings. The SMILES string of the molecule is Cn1nccc1-c1cc(NC(=O)c2ccc(F)c(Cl)c2)ccc1OCCN1CCN(CC=O)CC1. The zero-order chi connectivity index (χ0) is 24.8. The Bertz CT molecular complexity index is 1190. The predicted molar refractivity (Wildman–Crippen MR) is 132 cm³/mol. The predicted octanol–water partition coefficient (Wildman–Crippen LogP) is 3.33. The van der Waals surface area contributed by atoms with Gasteiger partial charge in [0.2, 0.25) is 0 Å². The number of amides is 1. The fraction of sp³-hybridized carbons (Fsp3) is 0.320. The number of aldehydes is 1. The van der Waals surface area contributed by atoms with Crippen LogP contribution in [0.5, 0.6) is 5.75 Å². The highest BCUT2D eigenvalue weighted by molar-refractivity contribution is 6.31. The highest BCUT2D eigenvalue weighted by Gasteiger charge is 2.17. The number of hydrogen-bond acceptors (Lipinski definition) is 6. The molecule has 0 bridgehead atoms. The number of carbonyl (C=O) groups is 2. The van der Waals surface area contributed by atoms with Crippen LogP contribution in [-0.4, -0.2) is 77.6 Å². The van der Waals surface area contributed by atoms with E-state index in [0.717, 1.165) is 56.3 Å². The van der Waals surface area contributed by atoms with Crippen molar-refractivity contribution in [3.05, 3.63) is 65.1 Å². The normalized spacial score (nSPS) is 14.6. The summed E-state index contributed by atoms with van der Waals surface area (Å²) in [6.45, 7) is 5.27. The van der Waals surface area contributed by atoms with Crippen molar-refractivity contribution in [3.8, 4) is 17.0 Å². The van der Waals surface area contributed by atoms with E-state index in [9.17, 15) is 14.0 Å². The lowest BCUT2D eigenvalue weighted by Gasteiger charge is -2.33. The second-order valence-corrected chi connectivity index (χ2v) is 8.70. The Kier molecular flexibility index (Phi) is 8.12. The number of nitrogens with zero attached hydrogens (tertiary/aromatic N) is 4. The van der Waals surface area contributed by atoms with E-state index in [1.54, 1.807) is 16.9 Å². The standard InChI is InChI=1S/C25H27ClFN5O3/c1-30-23(6-7-28-30)20-17-19(29-25(34)18-2-4-22(27)21(26)16-18)3-5-24(20)35-15-13-32-10-8-31(9-11-32)12-14-33/h2-7,14,16-17H,8-13,15H2,1H3,(H,29,34). The smallest absolute Gasteiger partial charge is 0.255 e. The minimum atomic E-state index is -0.578. The minimum Gasteiger partial charge on any atom is -0.492 e. The van der Waals surface area contributed by atoms with Gasteiger partial charge in [-0.3, -0.25) is 19.3 Å². The van der Waals surface area contributed by atoms with Crippen molar-refractivity contribution in [1.29, 1.82) is 0 Å². The van der Waals surface area contributed by atoms with Crippen LogP contribution in [0.25, 0.3) is 11.3 Å². The molecule has 1 aromatic heterocycles. The van der Waals surface area contributed by atoms with Crippen molar-refractivity contribution in [2.24, 2.45) is 7.05 Å². The van der Waals surface area contributed by atoms with Gasteiger partial charge in [-0.05, 0) is 42.5 Å². The molecular weight excluding hydrogens is 473 g/mol. The van der Waals surface area contributed by atoms with E-state index in [-0.39, 0.29) is 10.6 Å². The van der Waals surface area contributed by atoms with Crippen LogP contribution >= 0.6 is 11.6 Å². The van der Waals surface area contributed by atoms with Gasteiger partial charge in [-0.1, -0.05) is 11.6 Å². The third-order valence-electron chi connectivity index (χ3n) is 5.98. The Hall–Kier alpha value is -3.27. The van der Waals surface area contributed by atoms with Crippen LogP contribution in [0.1, 0.15) is 10.4 Å². The van der Waals surface area contributed by atoms with Crippen LogP contribution < -0.4 is 10.1 Å². The summed E-state index contributed by atoms with van der Waals surface area (Å²) in [6.07, 6.45) is 2.64. The molecule has 0 spiro atoms. The molecule has 0 atom stereocenters. The largest absolute Gasteiger partial charge is 0.492 e.